The van der Waals surface area contributed by atoms with E-state index >= 15 is 0 Å². The molecule has 21 heavy (non-hydrogen) atoms. The van der Waals surface area contributed by atoms with Crippen LogP contribution >= 0.6 is 0 Å². The van der Waals surface area contributed by atoms with Gasteiger partial charge in [-0.2, -0.15) is 5.26 Å². The fraction of sp³-hybridized carbons (Fsp3) is 0.333. The Balaban J connectivity index is 1.95. The van der Waals surface area contributed by atoms with Crippen LogP contribution in [0.3, 0.4) is 0 Å². The molecule has 2 N–H and O–H groups in total. The molecule has 0 bridgehead atoms. The number of primary amides is 1. The molecule has 1 saturated heterocycles. The molecule has 0 saturated carbocycles. The summed E-state index contributed by atoms with van der Waals surface area (Å²) < 4.78 is 15.4. The molecule has 2 aromatic rings. The molecule has 2 atom stereocenters. The van der Waals surface area contributed by atoms with Crippen LogP contribution in [0.1, 0.15) is 17.5 Å². The summed E-state index contributed by atoms with van der Waals surface area (Å²) in [6, 6.07) is 7.18. The second-order valence-electron chi connectivity index (χ2n) is 5.31. The molecule has 108 valence electrons. The summed E-state index contributed by atoms with van der Waals surface area (Å²) in [4.78, 5) is 13.1. The van der Waals surface area contributed by atoms with E-state index in [1.54, 1.807) is 4.90 Å². The Morgan fingerprint density at radius 1 is 1.52 bits per heavy atom. The monoisotopic (exact) mass is 286 g/mol. The third-order valence-corrected chi connectivity index (χ3v) is 3.93. The quantitative estimate of drug-likeness (QED) is 0.921. The molecule has 0 aliphatic carbocycles. The summed E-state index contributed by atoms with van der Waals surface area (Å²) >= 11 is 0. The first-order valence-corrected chi connectivity index (χ1v) is 6.76. The van der Waals surface area contributed by atoms with Crippen molar-refractivity contribution >= 4 is 11.4 Å². The van der Waals surface area contributed by atoms with Crippen molar-refractivity contribution < 1.29 is 9.18 Å². The molecule has 1 aliphatic rings. The van der Waals surface area contributed by atoms with E-state index in [0.29, 0.717) is 12.1 Å². The van der Waals surface area contributed by atoms with Gasteiger partial charge < -0.3 is 10.1 Å². The number of nitriles is 1. The van der Waals surface area contributed by atoms with E-state index in [2.05, 4.69) is 6.07 Å². The van der Waals surface area contributed by atoms with Gasteiger partial charge in [-0.1, -0.05) is 6.07 Å². The minimum atomic E-state index is -1.05. The first-order chi connectivity index (χ1) is 10.1. The number of nitrogens with zero attached hydrogens (tertiary/aromatic N) is 3. The van der Waals surface area contributed by atoms with E-state index in [9.17, 15) is 14.4 Å². The van der Waals surface area contributed by atoms with Gasteiger partial charge in [0.1, 0.15) is 12.2 Å². The highest BCUT2D eigenvalue weighted by atomic mass is 19.1. The van der Waals surface area contributed by atoms with E-state index in [0.717, 1.165) is 11.1 Å². The number of nitrogens with two attached hydrogens (primary N) is 1. The summed E-state index contributed by atoms with van der Waals surface area (Å²) in [5.74, 6) is -0.516. The Bertz CT molecular complexity index is 733. The zero-order valence-electron chi connectivity index (χ0n) is 11.4. The Hall–Kier alpha value is -2.39. The van der Waals surface area contributed by atoms with E-state index in [-0.39, 0.29) is 13.0 Å². The fourth-order valence-corrected chi connectivity index (χ4v) is 2.96. The van der Waals surface area contributed by atoms with Gasteiger partial charge >= 0.3 is 0 Å². The van der Waals surface area contributed by atoms with E-state index < -0.39 is 18.1 Å². The van der Waals surface area contributed by atoms with Gasteiger partial charge in [-0.3, -0.25) is 9.69 Å². The number of hydrogen-bond donors (Lipinski definition) is 1. The van der Waals surface area contributed by atoms with E-state index in [1.807, 2.05) is 35.0 Å². The third kappa shape index (κ3) is 2.36. The molecule has 0 spiro atoms. The SMILES string of the molecule is N#Cc1c(CN2C[C@H](F)C[C@H]2C(N)=O)cn2ccccc12. The Labute approximate surface area is 121 Å². The van der Waals surface area contributed by atoms with Crippen molar-refractivity contribution in [3.63, 3.8) is 0 Å². The molecule has 6 heteroatoms. The van der Waals surface area contributed by atoms with Gasteiger partial charge in [0, 0.05) is 37.5 Å². The number of carbonyl (C=O) groups is 1. The van der Waals surface area contributed by atoms with Crippen molar-refractivity contribution in [3.05, 3.63) is 41.7 Å². The van der Waals surface area contributed by atoms with Crippen molar-refractivity contribution in [3.8, 4) is 6.07 Å². The van der Waals surface area contributed by atoms with Crippen LogP contribution in [0.25, 0.3) is 5.52 Å². The number of rotatable bonds is 3. The molecule has 0 radical (unpaired) electrons. The second kappa shape index (κ2) is 5.19. The third-order valence-electron chi connectivity index (χ3n) is 3.93. The van der Waals surface area contributed by atoms with Crippen LogP contribution in [0.5, 0.6) is 0 Å². The van der Waals surface area contributed by atoms with Crippen LogP contribution < -0.4 is 5.73 Å². The highest BCUT2D eigenvalue weighted by molar-refractivity contribution is 5.80. The summed E-state index contributed by atoms with van der Waals surface area (Å²) in [5.41, 5.74) is 7.48. The molecule has 3 heterocycles. The summed E-state index contributed by atoms with van der Waals surface area (Å²) in [7, 11) is 0. The van der Waals surface area contributed by atoms with E-state index in [4.69, 9.17) is 5.73 Å². The van der Waals surface area contributed by atoms with Gasteiger partial charge in [-0.15, -0.1) is 0 Å². The Kier molecular flexibility index (Phi) is 3.35. The molecule has 1 fully saturated rings. The zero-order valence-corrected chi connectivity index (χ0v) is 11.4. The fourth-order valence-electron chi connectivity index (χ4n) is 2.96. The number of hydrogen-bond acceptors (Lipinski definition) is 3. The molecule has 3 rings (SSSR count). The highest BCUT2D eigenvalue weighted by Gasteiger charge is 2.36. The number of fused-ring (bicyclic) bond motifs is 1. The molecule has 2 aromatic heterocycles. The van der Waals surface area contributed by atoms with Gasteiger partial charge in [-0.05, 0) is 12.1 Å². The molecule has 0 unspecified atom stereocenters. The normalized spacial score (nSPS) is 22.5. The van der Waals surface area contributed by atoms with Gasteiger partial charge in [0.15, 0.2) is 0 Å². The maximum Gasteiger partial charge on any atom is 0.234 e. The number of amides is 1. The Morgan fingerprint density at radius 3 is 3.05 bits per heavy atom. The minimum absolute atomic E-state index is 0.130. The second-order valence-corrected chi connectivity index (χ2v) is 5.31. The van der Waals surface area contributed by atoms with Crippen LogP contribution in [-0.2, 0) is 11.3 Å². The van der Waals surface area contributed by atoms with Crippen molar-refractivity contribution in [1.82, 2.24) is 9.30 Å². The molecule has 0 aromatic carbocycles. The van der Waals surface area contributed by atoms with Crippen LogP contribution in [0.15, 0.2) is 30.6 Å². The highest BCUT2D eigenvalue weighted by Crippen LogP contribution is 2.25. The van der Waals surface area contributed by atoms with Gasteiger partial charge in [0.05, 0.1) is 17.1 Å². The molecular weight excluding hydrogens is 271 g/mol. The topological polar surface area (TPSA) is 74.5 Å². The van der Waals surface area contributed by atoms with Crippen LogP contribution in [0.4, 0.5) is 4.39 Å². The molecular formula is C15H15FN4O. The Morgan fingerprint density at radius 2 is 2.33 bits per heavy atom. The number of halogens is 1. The summed E-state index contributed by atoms with van der Waals surface area (Å²) in [5, 5.41) is 9.36. The first-order valence-electron chi connectivity index (χ1n) is 6.76. The predicted molar refractivity (Wildman–Crippen MR) is 75.0 cm³/mol. The van der Waals surface area contributed by atoms with Gasteiger partial charge in [0.25, 0.3) is 0 Å². The molecule has 1 amide bonds. The largest absolute Gasteiger partial charge is 0.368 e. The predicted octanol–water partition coefficient (Wildman–Crippen LogP) is 1.21. The lowest BCUT2D eigenvalue weighted by Gasteiger charge is -2.20. The minimum Gasteiger partial charge on any atom is -0.368 e. The number of likely N-dealkylation sites (tertiary alicyclic amines) is 1. The van der Waals surface area contributed by atoms with Crippen LogP contribution in [0, 0.1) is 11.3 Å². The van der Waals surface area contributed by atoms with Gasteiger partial charge in [0.2, 0.25) is 5.91 Å². The van der Waals surface area contributed by atoms with Crippen molar-refractivity contribution in [2.24, 2.45) is 5.73 Å². The van der Waals surface area contributed by atoms with Crippen molar-refractivity contribution in [1.29, 1.82) is 5.26 Å². The van der Waals surface area contributed by atoms with E-state index in [1.165, 1.54) is 0 Å². The van der Waals surface area contributed by atoms with Crippen molar-refractivity contribution in [2.45, 2.75) is 25.2 Å². The number of pyridine rings is 1. The lowest BCUT2D eigenvalue weighted by atomic mass is 10.1. The maximum atomic E-state index is 13.6. The number of carbonyl (C=O) groups excluding carboxylic acids is 1. The van der Waals surface area contributed by atoms with Crippen LogP contribution in [0.2, 0.25) is 0 Å². The standard InChI is InChI=1S/C15H15FN4O/c16-11-5-14(15(18)21)20(9-11)8-10-7-19-4-2-1-3-13(19)12(10)6-17/h1-4,7,11,14H,5,8-9H2,(H2,18,21)/t11-,14+/m1/s1. The average molecular weight is 286 g/mol. The lowest BCUT2D eigenvalue weighted by molar-refractivity contribution is -0.122. The molecule has 5 nitrogen and oxygen atoms in total. The zero-order chi connectivity index (χ0) is 15.0. The van der Waals surface area contributed by atoms with Gasteiger partial charge in [-0.25, -0.2) is 4.39 Å². The summed E-state index contributed by atoms with van der Waals surface area (Å²) in [6.45, 7) is 0.517. The lowest BCUT2D eigenvalue weighted by Crippen LogP contribution is -2.39. The smallest absolute Gasteiger partial charge is 0.234 e. The van der Waals surface area contributed by atoms with Crippen LogP contribution in [-0.4, -0.2) is 34.0 Å². The molecule has 1 aliphatic heterocycles. The van der Waals surface area contributed by atoms with Crippen molar-refractivity contribution in [2.75, 3.05) is 6.54 Å². The summed E-state index contributed by atoms with van der Waals surface area (Å²) in [6.07, 6.45) is 2.78. The first kappa shape index (κ1) is 13.6. The number of aromatic nitrogens is 1. The average Bonchev–Trinajstić information content (AvgIpc) is 2.99. The maximum absolute atomic E-state index is 13.6. The number of alkyl halides is 1.